The van der Waals surface area contributed by atoms with Gasteiger partial charge in [0.25, 0.3) is 0 Å². The average molecular weight is 274 g/mol. The van der Waals surface area contributed by atoms with Gasteiger partial charge in [-0.3, -0.25) is 0 Å². The molecule has 2 nitrogen and oxygen atoms in total. The number of methoxy groups -OCH3 is 1. The number of nitrogens with two attached hydrogens (primary N) is 1. The third-order valence-electron chi connectivity index (χ3n) is 2.71. The van der Waals surface area contributed by atoms with Crippen LogP contribution < -0.4 is 10.5 Å². The molecule has 0 aliphatic heterocycles. The summed E-state index contributed by atoms with van der Waals surface area (Å²) in [6.07, 6.45) is 2.78. The van der Waals surface area contributed by atoms with Crippen LogP contribution in [-0.2, 0) is 6.42 Å². The number of halogens is 2. The second-order valence-electron chi connectivity index (χ2n) is 4.13. The Labute approximate surface area is 96.7 Å². The van der Waals surface area contributed by atoms with Gasteiger partial charge >= 0.3 is 0 Å². The highest BCUT2D eigenvalue weighted by atomic mass is 79.9. The third kappa shape index (κ3) is 2.32. The minimum Gasteiger partial charge on any atom is -0.492 e. The van der Waals surface area contributed by atoms with Crippen LogP contribution in [0, 0.1) is 5.82 Å². The van der Waals surface area contributed by atoms with Gasteiger partial charge in [0.15, 0.2) is 11.6 Å². The van der Waals surface area contributed by atoms with Crippen molar-refractivity contribution in [1.82, 2.24) is 0 Å². The van der Waals surface area contributed by atoms with E-state index >= 15 is 0 Å². The van der Waals surface area contributed by atoms with Gasteiger partial charge in [-0.05, 0) is 52.9 Å². The van der Waals surface area contributed by atoms with Crippen LogP contribution in [0.3, 0.4) is 0 Å². The summed E-state index contributed by atoms with van der Waals surface area (Å²) in [5.74, 6) is -0.0910. The number of ether oxygens (including phenoxy) is 1. The fourth-order valence-corrected chi connectivity index (χ4v) is 2.30. The van der Waals surface area contributed by atoms with Gasteiger partial charge in [-0.2, -0.15) is 0 Å². The fraction of sp³-hybridized carbons (Fsp3) is 0.455. The average Bonchev–Trinajstić information content (AvgIpc) is 2.82. The van der Waals surface area contributed by atoms with Crippen molar-refractivity contribution in [3.8, 4) is 5.75 Å². The maximum Gasteiger partial charge on any atom is 0.168 e. The van der Waals surface area contributed by atoms with E-state index in [2.05, 4.69) is 15.9 Å². The SMILES string of the molecule is COc1c(F)cc(CC2(N)CC2)cc1Br. The maximum absolute atomic E-state index is 13.5. The number of hydrogen-bond donors (Lipinski definition) is 1. The van der Waals surface area contributed by atoms with Crippen LogP contribution in [-0.4, -0.2) is 12.6 Å². The first-order valence-electron chi connectivity index (χ1n) is 4.85. The highest BCUT2D eigenvalue weighted by Gasteiger charge is 2.38. The standard InChI is InChI=1S/C11H13BrFNO/c1-15-10-8(12)4-7(5-9(10)13)6-11(14)2-3-11/h4-5H,2-3,6,14H2,1H3. The minimum atomic E-state index is -0.342. The number of benzene rings is 1. The van der Waals surface area contributed by atoms with Crippen LogP contribution in [0.25, 0.3) is 0 Å². The Kier molecular flexibility index (Phi) is 2.73. The van der Waals surface area contributed by atoms with E-state index in [1.165, 1.54) is 13.2 Å². The van der Waals surface area contributed by atoms with E-state index < -0.39 is 0 Å². The predicted molar refractivity (Wildman–Crippen MR) is 60.5 cm³/mol. The molecule has 82 valence electrons. The number of hydrogen-bond acceptors (Lipinski definition) is 2. The molecule has 0 aromatic heterocycles. The van der Waals surface area contributed by atoms with Crippen molar-refractivity contribution in [3.63, 3.8) is 0 Å². The summed E-state index contributed by atoms with van der Waals surface area (Å²) in [5, 5.41) is 0. The topological polar surface area (TPSA) is 35.2 Å². The molecule has 4 heteroatoms. The van der Waals surface area contributed by atoms with Crippen molar-refractivity contribution in [2.45, 2.75) is 24.8 Å². The molecule has 1 aliphatic carbocycles. The molecule has 2 rings (SSSR count). The van der Waals surface area contributed by atoms with Crippen LogP contribution in [0.4, 0.5) is 4.39 Å². The molecule has 0 saturated heterocycles. The van der Waals surface area contributed by atoms with Crippen LogP contribution in [0.2, 0.25) is 0 Å². The summed E-state index contributed by atoms with van der Waals surface area (Å²) in [4.78, 5) is 0. The summed E-state index contributed by atoms with van der Waals surface area (Å²) >= 11 is 3.28. The van der Waals surface area contributed by atoms with Gasteiger partial charge in [0, 0.05) is 5.54 Å². The minimum absolute atomic E-state index is 0.0968. The molecule has 1 aromatic rings. The molecule has 1 saturated carbocycles. The van der Waals surface area contributed by atoms with Gasteiger partial charge in [0.05, 0.1) is 11.6 Å². The molecule has 0 spiro atoms. The molecule has 0 amide bonds. The Balaban J connectivity index is 2.26. The van der Waals surface area contributed by atoms with E-state index in [4.69, 9.17) is 10.5 Å². The largest absolute Gasteiger partial charge is 0.492 e. The van der Waals surface area contributed by atoms with E-state index in [-0.39, 0.29) is 17.1 Å². The molecule has 15 heavy (non-hydrogen) atoms. The van der Waals surface area contributed by atoms with Gasteiger partial charge in [-0.1, -0.05) is 0 Å². The number of rotatable bonds is 3. The van der Waals surface area contributed by atoms with Crippen molar-refractivity contribution in [1.29, 1.82) is 0 Å². The molecular weight excluding hydrogens is 261 g/mol. The Morgan fingerprint density at radius 3 is 2.67 bits per heavy atom. The van der Waals surface area contributed by atoms with E-state index in [1.54, 1.807) is 0 Å². The molecule has 2 N–H and O–H groups in total. The van der Waals surface area contributed by atoms with Gasteiger partial charge < -0.3 is 10.5 Å². The van der Waals surface area contributed by atoms with E-state index in [0.717, 1.165) is 24.8 Å². The molecule has 0 radical (unpaired) electrons. The van der Waals surface area contributed by atoms with Crippen LogP contribution >= 0.6 is 15.9 Å². The van der Waals surface area contributed by atoms with E-state index in [0.29, 0.717) is 4.47 Å². The predicted octanol–water partition coefficient (Wildman–Crippen LogP) is 2.63. The third-order valence-corrected chi connectivity index (χ3v) is 3.30. The first-order valence-corrected chi connectivity index (χ1v) is 5.64. The summed E-state index contributed by atoms with van der Waals surface area (Å²) in [5.41, 5.74) is 6.80. The van der Waals surface area contributed by atoms with E-state index in [9.17, 15) is 4.39 Å². The molecular formula is C11H13BrFNO. The lowest BCUT2D eigenvalue weighted by atomic mass is 10.0. The second-order valence-corrected chi connectivity index (χ2v) is 4.99. The molecule has 1 aliphatic rings. The summed E-state index contributed by atoms with van der Waals surface area (Å²) < 4.78 is 19.1. The Morgan fingerprint density at radius 2 is 2.20 bits per heavy atom. The Bertz CT molecular complexity index is 367. The van der Waals surface area contributed by atoms with Gasteiger partial charge in [0.2, 0.25) is 0 Å². The molecule has 0 unspecified atom stereocenters. The first kappa shape index (κ1) is 10.9. The van der Waals surface area contributed by atoms with Crippen molar-refractivity contribution < 1.29 is 9.13 Å². The molecule has 0 heterocycles. The monoisotopic (exact) mass is 273 g/mol. The summed E-state index contributed by atoms with van der Waals surface area (Å²) in [6.45, 7) is 0. The fourth-order valence-electron chi connectivity index (χ4n) is 1.65. The van der Waals surface area contributed by atoms with Gasteiger partial charge in [-0.25, -0.2) is 4.39 Å². The van der Waals surface area contributed by atoms with Crippen molar-refractivity contribution in [2.75, 3.05) is 7.11 Å². The normalized spacial score (nSPS) is 17.6. The zero-order valence-electron chi connectivity index (χ0n) is 8.52. The van der Waals surface area contributed by atoms with Gasteiger partial charge in [0.1, 0.15) is 0 Å². The molecule has 0 atom stereocenters. The van der Waals surface area contributed by atoms with Crippen LogP contribution in [0.15, 0.2) is 16.6 Å². The van der Waals surface area contributed by atoms with Crippen molar-refractivity contribution in [2.24, 2.45) is 5.73 Å². The first-order chi connectivity index (χ1) is 7.04. The Morgan fingerprint density at radius 1 is 1.53 bits per heavy atom. The lowest BCUT2D eigenvalue weighted by molar-refractivity contribution is 0.383. The van der Waals surface area contributed by atoms with Crippen LogP contribution in [0.5, 0.6) is 5.75 Å². The van der Waals surface area contributed by atoms with Crippen molar-refractivity contribution in [3.05, 3.63) is 28.0 Å². The summed E-state index contributed by atoms with van der Waals surface area (Å²) in [6, 6.07) is 3.37. The van der Waals surface area contributed by atoms with Gasteiger partial charge in [-0.15, -0.1) is 0 Å². The molecule has 0 bridgehead atoms. The molecule has 1 fully saturated rings. The van der Waals surface area contributed by atoms with Crippen LogP contribution in [0.1, 0.15) is 18.4 Å². The highest BCUT2D eigenvalue weighted by Crippen LogP contribution is 2.37. The lowest BCUT2D eigenvalue weighted by Crippen LogP contribution is -2.24. The Hall–Kier alpha value is -0.610. The van der Waals surface area contributed by atoms with E-state index in [1.807, 2.05) is 6.07 Å². The lowest BCUT2D eigenvalue weighted by Gasteiger charge is -2.11. The zero-order valence-corrected chi connectivity index (χ0v) is 10.1. The summed E-state index contributed by atoms with van der Waals surface area (Å²) in [7, 11) is 1.45. The molecule has 1 aromatic carbocycles. The second kappa shape index (κ2) is 3.76. The smallest absolute Gasteiger partial charge is 0.168 e. The van der Waals surface area contributed by atoms with Crippen molar-refractivity contribution >= 4 is 15.9 Å². The maximum atomic E-state index is 13.5. The highest BCUT2D eigenvalue weighted by molar-refractivity contribution is 9.10. The quantitative estimate of drug-likeness (QED) is 0.919. The zero-order chi connectivity index (χ0) is 11.1.